The Morgan fingerprint density at radius 2 is 1.16 bits per heavy atom. The number of carboxylic acid groups (broad SMARTS) is 1. The van der Waals surface area contributed by atoms with Crippen LogP contribution in [0.5, 0.6) is 28.7 Å². The maximum absolute atomic E-state index is 11.3. The van der Waals surface area contributed by atoms with Crippen LogP contribution in [0.25, 0.3) is 34.2 Å². The Kier molecular flexibility index (Phi) is 15.2. The molecule has 0 unspecified atom stereocenters. The molecule has 4 aromatic rings. The Balaban J connectivity index is 0.00000131. The van der Waals surface area contributed by atoms with Crippen molar-refractivity contribution in [3.63, 3.8) is 0 Å². The van der Waals surface area contributed by atoms with Crippen LogP contribution in [0.3, 0.4) is 0 Å². The van der Waals surface area contributed by atoms with Gasteiger partial charge in [-0.1, -0.05) is 19.7 Å². The molecular weight excluding hydrogens is 662 g/mol. The van der Waals surface area contributed by atoms with Crippen molar-refractivity contribution in [3.05, 3.63) is 98.6 Å². The number of carboxylic acids is 1. The number of benzene rings is 3. The molecule has 51 heavy (non-hydrogen) atoms. The van der Waals surface area contributed by atoms with Gasteiger partial charge in [0.1, 0.15) is 55.2 Å². The molecular formula is C37H37N3O11. The van der Waals surface area contributed by atoms with Crippen LogP contribution in [0.4, 0.5) is 0 Å². The Hall–Kier alpha value is -6.70. The highest BCUT2D eigenvalue weighted by Crippen LogP contribution is 2.36. The number of ether oxygens (including phenoxy) is 6. The maximum Gasteiger partial charge on any atom is 0.330 e. The number of nitrogens with zero attached hydrogens (tertiary/aromatic N) is 3. The first-order valence-corrected chi connectivity index (χ1v) is 15.3. The van der Waals surface area contributed by atoms with Gasteiger partial charge in [0.15, 0.2) is 17.5 Å². The second kappa shape index (κ2) is 20.0. The normalized spacial score (nSPS) is 10.0. The molecule has 0 bridgehead atoms. The summed E-state index contributed by atoms with van der Waals surface area (Å²) in [6.45, 7) is 12.1. The molecule has 0 saturated carbocycles. The number of hydrogen-bond acceptors (Lipinski definition) is 13. The number of rotatable bonds is 17. The number of hydrogen-bond donors (Lipinski definition) is 2. The molecule has 14 heteroatoms. The van der Waals surface area contributed by atoms with Gasteiger partial charge in [-0.3, -0.25) is 0 Å². The molecule has 2 N–H and O–H groups in total. The van der Waals surface area contributed by atoms with E-state index in [0.717, 1.165) is 18.2 Å². The predicted molar refractivity (Wildman–Crippen MR) is 187 cm³/mol. The summed E-state index contributed by atoms with van der Waals surface area (Å²) in [5.41, 5.74) is 1.57. The summed E-state index contributed by atoms with van der Waals surface area (Å²) in [4.78, 5) is 45.9. The summed E-state index contributed by atoms with van der Waals surface area (Å²) in [5, 5.41) is 18.6. The summed E-state index contributed by atoms with van der Waals surface area (Å²) >= 11 is 0. The summed E-state index contributed by atoms with van der Waals surface area (Å²) in [5.74, 6) is 0.584. The van der Waals surface area contributed by atoms with E-state index in [1.807, 2.05) is 19.1 Å². The van der Waals surface area contributed by atoms with Gasteiger partial charge < -0.3 is 38.6 Å². The lowest BCUT2D eigenvalue weighted by atomic mass is 10.1. The van der Waals surface area contributed by atoms with Crippen LogP contribution in [0.2, 0.25) is 0 Å². The minimum atomic E-state index is -0.981. The third kappa shape index (κ3) is 12.0. The highest BCUT2D eigenvalue weighted by Gasteiger charge is 2.18. The van der Waals surface area contributed by atoms with E-state index in [9.17, 15) is 19.5 Å². The SMILES string of the molecule is C=CC(=O)O.C=CC(=O)OCCOc1ccc(-c2nc(-c3ccc(OC)cc3)nc(-c3ccc(OCCOC(=O)C=C)cc3OCC)n2)c(O)c1. The number of methoxy groups -OCH3 is 1. The molecule has 14 nitrogen and oxygen atoms in total. The zero-order chi connectivity index (χ0) is 37.2. The molecule has 266 valence electrons. The van der Waals surface area contributed by atoms with Crippen LogP contribution in [0.15, 0.2) is 98.6 Å². The van der Waals surface area contributed by atoms with Crippen LogP contribution in [-0.2, 0) is 23.9 Å². The topological polar surface area (TPSA) is 186 Å². The van der Waals surface area contributed by atoms with E-state index in [-0.39, 0.29) is 43.8 Å². The number of aliphatic carboxylic acids is 1. The average Bonchev–Trinajstić information content (AvgIpc) is 3.15. The highest BCUT2D eigenvalue weighted by atomic mass is 16.6. The molecule has 0 amide bonds. The van der Waals surface area contributed by atoms with Gasteiger partial charge >= 0.3 is 17.9 Å². The first-order valence-electron chi connectivity index (χ1n) is 15.3. The standard InChI is InChI=1S/C34H33N3O9.C3H4O2/c1-5-30(39)45-18-16-43-24-12-14-26(28(38)20-24)33-35-32(22-8-10-23(41-4)11-9-22)36-34(37-33)27-15-13-25(21-29(27)42-7-3)44-17-19-46-31(40)6-2;1-2-3(4)5/h5-6,8-15,20-21,38H,1-2,7,16-19H2,3-4H3;2H,1H2,(H,4,5). The van der Waals surface area contributed by atoms with Crippen LogP contribution < -0.4 is 18.9 Å². The lowest BCUT2D eigenvalue weighted by Crippen LogP contribution is -2.10. The van der Waals surface area contributed by atoms with Gasteiger partial charge in [-0.05, 0) is 55.5 Å². The van der Waals surface area contributed by atoms with Crippen LogP contribution >= 0.6 is 0 Å². The Morgan fingerprint density at radius 3 is 1.65 bits per heavy atom. The Bertz CT molecular complexity index is 1840. The van der Waals surface area contributed by atoms with Crippen molar-refractivity contribution in [2.24, 2.45) is 0 Å². The fourth-order valence-corrected chi connectivity index (χ4v) is 4.05. The second-order valence-electron chi connectivity index (χ2n) is 9.79. The monoisotopic (exact) mass is 699 g/mol. The van der Waals surface area contributed by atoms with Crippen molar-refractivity contribution >= 4 is 17.9 Å². The zero-order valence-corrected chi connectivity index (χ0v) is 28.1. The molecule has 3 aromatic carbocycles. The highest BCUT2D eigenvalue weighted by molar-refractivity contribution is 5.81. The number of phenols is 1. The van der Waals surface area contributed by atoms with Gasteiger partial charge in [-0.2, -0.15) is 0 Å². The minimum Gasteiger partial charge on any atom is -0.507 e. The van der Waals surface area contributed by atoms with E-state index < -0.39 is 17.9 Å². The first-order chi connectivity index (χ1) is 24.6. The lowest BCUT2D eigenvalue weighted by Gasteiger charge is -2.14. The molecule has 1 heterocycles. The fourth-order valence-electron chi connectivity index (χ4n) is 4.05. The number of phenolic OH excluding ortho intramolecular Hbond substituents is 1. The lowest BCUT2D eigenvalue weighted by molar-refractivity contribution is -0.139. The van der Waals surface area contributed by atoms with E-state index in [4.69, 9.17) is 43.5 Å². The number of carbonyl (C=O) groups is 3. The van der Waals surface area contributed by atoms with Crippen LogP contribution in [0.1, 0.15) is 6.92 Å². The van der Waals surface area contributed by atoms with Gasteiger partial charge in [0.2, 0.25) is 0 Å². The Morgan fingerprint density at radius 1 is 0.667 bits per heavy atom. The summed E-state index contributed by atoms with van der Waals surface area (Å²) < 4.78 is 32.4. The van der Waals surface area contributed by atoms with Crippen molar-refractivity contribution in [2.75, 3.05) is 40.1 Å². The van der Waals surface area contributed by atoms with Crippen molar-refractivity contribution < 1.29 is 53.0 Å². The van der Waals surface area contributed by atoms with E-state index in [1.165, 1.54) is 6.07 Å². The molecule has 0 saturated heterocycles. The van der Waals surface area contributed by atoms with Crippen LogP contribution in [-0.4, -0.2) is 83.2 Å². The van der Waals surface area contributed by atoms with Gasteiger partial charge in [0.25, 0.3) is 0 Å². The predicted octanol–water partition coefficient (Wildman–Crippen LogP) is 5.46. The Labute approximate surface area is 294 Å². The van der Waals surface area contributed by atoms with E-state index in [0.29, 0.717) is 52.1 Å². The molecule has 1 aromatic heterocycles. The molecule has 0 spiro atoms. The average molecular weight is 700 g/mol. The molecule has 0 radical (unpaired) electrons. The zero-order valence-electron chi connectivity index (χ0n) is 28.1. The maximum atomic E-state index is 11.3. The fraction of sp³-hybridized carbons (Fsp3) is 0.189. The summed E-state index contributed by atoms with van der Waals surface area (Å²) in [6.07, 6.45) is 2.98. The number of aromatic nitrogens is 3. The summed E-state index contributed by atoms with van der Waals surface area (Å²) in [7, 11) is 1.58. The second-order valence-corrected chi connectivity index (χ2v) is 9.79. The number of aromatic hydroxyl groups is 1. The summed E-state index contributed by atoms with van der Waals surface area (Å²) in [6, 6.07) is 17.1. The minimum absolute atomic E-state index is 0.0180. The van der Waals surface area contributed by atoms with Crippen molar-refractivity contribution in [2.45, 2.75) is 6.92 Å². The smallest absolute Gasteiger partial charge is 0.330 e. The molecule has 4 rings (SSSR count). The van der Waals surface area contributed by atoms with Crippen molar-refractivity contribution in [1.82, 2.24) is 15.0 Å². The molecule has 0 fully saturated rings. The first kappa shape index (κ1) is 38.7. The molecule has 0 aliphatic rings. The van der Waals surface area contributed by atoms with Crippen molar-refractivity contribution in [1.29, 1.82) is 0 Å². The van der Waals surface area contributed by atoms with Crippen molar-refractivity contribution in [3.8, 4) is 62.9 Å². The largest absolute Gasteiger partial charge is 0.507 e. The van der Waals surface area contributed by atoms with E-state index >= 15 is 0 Å². The number of carbonyl (C=O) groups excluding carboxylic acids is 2. The third-order valence-corrected chi connectivity index (χ3v) is 6.39. The molecule has 0 aliphatic carbocycles. The van der Waals surface area contributed by atoms with Gasteiger partial charge in [-0.25, -0.2) is 29.3 Å². The van der Waals surface area contributed by atoms with Gasteiger partial charge in [0, 0.05) is 35.9 Å². The molecule has 0 aliphatic heterocycles. The van der Waals surface area contributed by atoms with Gasteiger partial charge in [-0.15, -0.1) is 0 Å². The molecule has 0 atom stereocenters. The number of esters is 2. The van der Waals surface area contributed by atoms with Gasteiger partial charge in [0.05, 0.1) is 24.8 Å². The third-order valence-electron chi connectivity index (χ3n) is 6.39. The van der Waals surface area contributed by atoms with E-state index in [1.54, 1.807) is 49.6 Å². The van der Waals surface area contributed by atoms with E-state index in [2.05, 4.69) is 24.7 Å². The van der Waals surface area contributed by atoms with Crippen LogP contribution in [0, 0.1) is 0 Å². The quantitative estimate of drug-likeness (QED) is 0.0804.